The number of methoxy groups -OCH3 is 1. The van der Waals surface area contributed by atoms with Gasteiger partial charge in [-0.05, 0) is 53.9 Å². The van der Waals surface area contributed by atoms with Gasteiger partial charge in [-0.1, -0.05) is 36.4 Å². The summed E-state index contributed by atoms with van der Waals surface area (Å²) in [5.41, 5.74) is 4.69. The summed E-state index contributed by atoms with van der Waals surface area (Å²) in [6.45, 7) is 3.21. The van der Waals surface area contributed by atoms with Crippen LogP contribution in [0, 0.1) is 12.7 Å². The molecule has 5 nitrogen and oxygen atoms in total. The fourth-order valence-corrected chi connectivity index (χ4v) is 4.01. The number of aromatic nitrogens is 1. The van der Waals surface area contributed by atoms with Crippen molar-refractivity contribution in [2.45, 2.75) is 26.6 Å². The number of nitrogens with one attached hydrogen (secondary N) is 1. The van der Waals surface area contributed by atoms with Gasteiger partial charge in [0, 0.05) is 36.1 Å². The fourth-order valence-electron chi connectivity index (χ4n) is 4.01. The molecule has 164 valence electrons. The van der Waals surface area contributed by atoms with Crippen molar-refractivity contribution in [1.29, 1.82) is 0 Å². The third kappa shape index (κ3) is 4.50. The van der Waals surface area contributed by atoms with Gasteiger partial charge < -0.3 is 19.7 Å². The number of hydrogen-bond donors (Lipinski definition) is 2. The average molecular weight is 432 g/mol. The number of carboxylic acids is 1. The highest BCUT2D eigenvalue weighted by molar-refractivity contribution is 5.98. The molecule has 0 aliphatic rings. The molecule has 6 heteroatoms. The van der Waals surface area contributed by atoms with Crippen LogP contribution in [0.2, 0.25) is 0 Å². The third-order valence-electron chi connectivity index (χ3n) is 5.55. The van der Waals surface area contributed by atoms with Gasteiger partial charge in [-0.2, -0.15) is 0 Å². The molecule has 4 rings (SSSR count). The molecule has 0 spiro atoms. The van der Waals surface area contributed by atoms with Gasteiger partial charge in [-0.3, -0.25) is 0 Å². The zero-order chi connectivity index (χ0) is 22.7. The van der Waals surface area contributed by atoms with E-state index in [2.05, 4.69) is 5.32 Å². The summed E-state index contributed by atoms with van der Waals surface area (Å²) >= 11 is 0. The van der Waals surface area contributed by atoms with Crippen LogP contribution < -0.4 is 10.1 Å². The first kappa shape index (κ1) is 21.6. The van der Waals surface area contributed by atoms with Crippen LogP contribution in [-0.2, 0) is 19.6 Å². The molecule has 0 bridgehead atoms. The molecule has 1 aromatic heterocycles. The topological polar surface area (TPSA) is 63.5 Å². The van der Waals surface area contributed by atoms with Crippen molar-refractivity contribution in [2.75, 3.05) is 7.11 Å². The number of halogens is 1. The van der Waals surface area contributed by atoms with E-state index >= 15 is 0 Å². The lowest BCUT2D eigenvalue weighted by Crippen LogP contribution is -2.17. The zero-order valence-corrected chi connectivity index (χ0v) is 18.1. The van der Waals surface area contributed by atoms with Gasteiger partial charge in [0.15, 0.2) is 0 Å². The van der Waals surface area contributed by atoms with Crippen molar-refractivity contribution >= 4 is 16.9 Å². The van der Waals surface area contributed by atoms with Gasteiger partial charge >= 0.3 is 5.97 Å². The van der Waals surface area contributed by atoms with E-state index in [0.29, 0.717) is 19.6 Å². The van der Waals surface area contributed by atoms with Crippen LogP contribution in [0.4, 0.5) is 4.39 Å². The number of carboxylic acid groups (broad SMARTS) is 1. The number of rotatable bonds is 8. The lowest BCUT2D eigenvalue weighted by molar-refractivity contribution is 0.0684. The van der Waals surface area contributed by atoms with Gasteiger partial charge in [0.1, 0.15) is 17.3 Å². The molecular weight excluding hydrogens is 407 g/mol. The molecule has 0 saturated heterocycles. The maximum atomic E-state index is 13.5. The highest BCUT2D eigenvalue weighted by Gasteiger charge is 2.22. The average Bonchev–Trinajstić information content (AvgIpc) is 3.07. The molecule has 2 N–H and O–H groups in total. The number of benzene rings is 3. The molecule has 1 heterocycles. The van der Waals surface area contributed by atoms with Crippen LogP contribution in [0.5, 0.6) is 5.75 Å². The molecule has 0 aliphatic carbocycles. The Bertz CT molecular complexity index is 1260. The maximum absolute atomic E-state index is 13.5. The standard InChI is InChI=1S/C26H25FN2O3/c1-17-6-11-22-23(15-28-14-19-4-3-5-20(27)13-19)25(26(30)31)29(24(22)12-17)16-18-7-9-21(32-2)10-8-18/h3-13,28H,14-16H2,1-2H3,(H,30,31). The van der Waals surface area contributed by atoms with Crippen molar-refractivity contribution in [2.24, 2.45) is 0 Å². The highest BCUT2D eigenvalue weighted by atomic mass is 19.1. The number of aromatic carboxylic acids is 1. The summed E-state index contributed by atoms with van der Waals surface area (Å²) in [5.74, 6) is -0.514. The molecule has 0 aliphatic heterocycles. The fraction of sp³-hybridized carbons (Fsp3) is 0.192. The summed E-state index contributed by atoms with van der Waals surface area (Å²) in [7, 11) is 1.61. The minimum absolute atomic E-state index is 0.258. The van der Waals surface area contributed by atoms with Crippen molar-refractivity contribution in [3.05, 3.63) is 100 Å². The smallest absolute Gasteiger partial charge is 0.352 e. The van der Waals surface area contributed by atoms with Crippen molar-refractivity contribution in [1.82, 2.24) is 9.88 Å². The molecule has 0 unspecified atom stereocenters. The summed E-state index contributed by atoms with van der Waals surface area (Å²) in [5, 5.41) is 14.3. The zero-order valence-electron chi connectivity index (χ0n) is 18.1. The lowest BCUT2D eigenvalue weighted by atomic mass is 10.1. The molecular formula is C26H25FN2O3. The van der Waals surface area contributed by atoms with Crippen molar-refractivity contribution in [3.63, 3.8) is 0 Å². The monoisotopic (exact) mass is 432 g/mol. The molecule has 4 aromatic rings. The SMILES string of the molecule is COc1ccc(Cn2c(C(=O)O)c(CNCc3cccc(F)c3)c3ccc(C)cc32)cc1. The van der Waals surface area contributed by atoms with Crippen LogP contribution in [0.3, 0.4) is 0 Å². The second-order valence-corrected chi connectivity index (χ2v) is 7.82. The van der Waals surface area contributed by atoms with E-state index in [-0.39, 0.29) is 11.5 Å². The van der Waals surface area contributed by atoms with E-state index in [4.69, 9.17) is 4.74 Å². The Hall–Kier alpha value is -3.64. The molecule has 0 atom stereocenters. The van der Waals surface area contributed by atoms with Crippen LogP contribution >= 0.6 is 0 Å². The third-order valence-corrected chi connectivity index (χ3v) is 5.55. The van der Waals surface area contributed by atoms with Gasteiger partial charge in [0.2, 0.25) is 0 Å². The lowest BCUT2D eigenvalue weighted by Gasteiger charge is -2.11. The van der Waals surface area contributed by atoms with Gasteiger partial charge in [0.25, 0.3) is 0 Å². The first-order valence-electron chi connectivity index (χ1n) is 10.4. The van der Waals surface area contributed by atoms with Crippen LogP contribution in [-0.4, -0.2) is 22.8 Å². The minimum atomic E-state index is -0.977. The van der Waals surface area contributed by atoms with Crippen LogP contribution in [0.15, 0.2) is 66.7 Å². The number of aryl methyl sites for hydroxylation is 1. The summed E-state index contributed by atoms with van der Waals surface area (Å²) < 4.78 is 20.6. The first-order valence-corrected chi connectivity index (χ1v) is 10.4. The van der Waals surface area contributed by atoms with E-state index in [1.54, 1.807) is 13.2 Å². The molecule has 0 saturated carbocycles. The molecule has 0 amide bonds. The number of carbonyl (C=O) groups is 1. The van der Waals surface area contributed by atoms with E-state index in [0.717, 1.165) is 38.9 Å². The van der Waals surface area contributed by atoms with Gasteiger partial charge in [0.05, 0.1) is 7.11 Å². The first-order chi connectivity index (χ1) is 15.5. The molecule has 0 radical (unpaired) electrons. The predicted octanol–water partition coefficient (Wildman–Crippen LogP) is 5.13. The summed E-state index contributed by atoms with van der Waals surface area (Å²) in [6.07, 6.45) is 0. The van der Waals surface area contributed by atoms with E-state index in [9.17, 15) is 14.3 Å². The normalized spacial score (nSPS) is 11.1. The van der Waals surface area contributed by atoms with Gasteiger partial charge in [-0.25, -0.2) is 9.18 Å². The number of nitrogens with zero attached hydrogens (tertiary/aromatic N) is 1. The number of hydrogen-bond acceptors (Lipinski definition) is 3. The van der Waals surface area contributed by atoms with E-state index < -0.39 is 5.97 Å². The van der Waals surface area contributed by atoms with Crippen LogP contribution in [0.1, 0.15) is 32.7 Å². The maximum Gasteiger partial charge on any atom is 0.352 e. The Morgan fingerprint density at radius 3 is 2.50 bits per heavy atom. The molecule has 3 aromatic carbocycles. The Kier molecular flexibility index (Phi) is 6.23. The Morgan fingerprint density at radius 1 is 1.03 bits per heavy atom. The largest absolute Gasteiger partial charge is 0.497 e. The van der Waals surface area contributed by atoms with Crippen molar-refractivity contribution in [3.8, 4) is 5.75 Å². The second kappa shape index (κ2) is 9.24. The quantitative estimate of drug-likeness (QED) is 0.405. The van der Waals surface area contributed by atoms with Crippen LogP contribution in [0.25, 0.3) is 10.9 Å². The van der Waals surface area contributed by atoms with Crippen molar-refractivity contribution < 1.29 is 19.0 Å². The molecule has 32 heavy (non-hydrogen) atoms. The second-order valence-electron chi connectivity index (χ2n) is 7.82. The van der Waals surface area contributed by atoms with E-state index in [1.807, 2.05) is 60.0 Å². The number of fused-ring (bicyclic) bond motifs is 1. The Labute approximate surface area is 186 Å². The number of ether oxygens (including phenoxy) is 1. The Morgan fingerprint density at radius 2 is 1.81 bits per heavy atom. The minimum Gasteiger partial charge on any atom is -0.497 e. The van der Waals surface area contributed by atoms with E-state index in [1.165, 1.54) is 12.1 Å². The summed E-state index contributed by atoms with van der Waals surface area (Å²) in [4.78, 5) is 12.3. The predicted molar refractivity (Wildman–Crippen MR) is 123 cm³/mol. The van der Waals surface area contributed by atoms with Gasteiger partial charge in [-0.15, -0.1) is 0 Å². The summed E-state index contributed by atoms with van der Waals surface area (Å²) in [6, 6.07) is 20.0. The molecule has 0 fully saturated rings. The highest BCUT2D eigenvalue weighted by Crippen LogP contribution is 2.29. The Balaban J connectivity index is 1.71.